The van der Waals surface area contributed by atoms with Crippen LogP contribution >= 0.6 is 0 Å². The van der Waals surface area contributed by atoms with E-state index in [1.807, 2.05) is 0 Å². The Hall–Kier alpha value is -1.07. The normalized spacial score (nSPS) is 28.4. The Kier molecular flexibility index (Phi) is 4.70. The van der Waals surface area contributed by atoms with Crippen LogP contribution in [0, 0.1) is 35.2 Å². The van der Waals surface area contributed by atoms with E-state index in [1.165, 1.54) is 6.07 Å². The molecule has 0 spiro atoms. The van der Waals surface area contributed by atoms with Crippen molar-refractivity contribution in [3.05, 3.63) is 35.1 Å². The van der Waals surface area contributed by atoms with Crippen LogP contribution in [0.3, 0.4) is 0 Å². The Labute approximate surface area is 117 Å². The maximum Gasteiger partial charge on any atom is 0.194 e. The molecule has 1 aromatic rings. The molecule has 4 atom stereocenters. The van der Waals surface area contributed by atoms with Gasteiger partial charge in [-0.1, -0.05) is 26.3 Å². The Morgan fingerprint density at radius 3 is 2.40 bits per heavy atom. The Balaban J connectivity index is 2.27. The van der Waals surface area contributed by atoms with E-state index in [0.717, 1.165) is 25.3 Å². The van der Waals surface area contributed by atoms with Gasteiger partial charge in [0.1, 0.15) is 0 Å². The molecule has 3 N–H and O–H groups in total. The zero-order valence-electron chi connectivity index (χ0n) is 11.8. The fraction of sp³-hybridized carbons (Fsp3) is 0.600. The topological polar surface area (TPSA) is 38.0 Å². The van der Waals surface area contributed by atoms with Crippen molar-refractivity contribution in [1.29, 1.82) is 0 Å². The SMILES string of the molecule is CC1CCC(C(NN)c2ccc(F)c(F)c2F)CC1C. The van der Waals surface area contributed by atoms with Crippen LogP contribution in [0.5, 0.6) is 0 Å². The molecule has 2 rings (SSSR count). The number of hydrazine groups is 1. The van der Waals surface area contributed by atoms with E-state index in [0.29, 0.717) is 11.8 Å². The number of hydrogen-bond donors (Lipinski definition) is 2. The molecule has 0 radical (unpaired) electrons. The molecule has 112 valence electrons. The lowest BCUT2D eigenvalue weighted by Crippen LogP contribution is -2.37. The largest absolute Gasteiger partial charge is 0.271 e. The van der Waals surface area contributed by atoms with Gasteiger partial charge in [-0.05, 0) is 36.7 Å². The van der Waals surface area contributed by atoms with Crippen molar-refractivity contribution in [3.63, 3.8) is 0 Å². The fourth-order valence-electron chi connectivity index (χ4n) is 3.15. The second-order valence-corrected chi connectivity index (χ2v) is 5.94. The van der Waals surface area contributed by atoms with Crippen LogP contribution < -0.4 is 11.3 Å². The second-order valence-electron chi connectivity index (χ2n) is 5.94. The van der Waals surface area contributed by atoms with E-state index >= 15 is 0 Å². The van der Waals surface area contributed by atoms with E-state index in [1.54, 1.807) is 0 Å². The zero-order chi connectivity index (χ0) is 14.9. The molecule has 1 aliphatic rings. The van der Waals surface area contributed by atoms with Gasteiger partial charge in [0.2, 0.25) is 0 Å². The summed E-state index contributed by atoms with van der Waals surface area (Å²) in [6.07, 6.45) is 2.84. The minimum Gasteiger partial charge on any atom is -0.271 e. The van der Waals surface area contributed by atoms with Crippen molar-refractivity contribution in [3.8, 4) is 0 Å². The zero-order valence-corrected chi connectivity index (χ0v) is 11.8. The van der Waals surface area contributed by atoms with Crippen LogP contribution in [0.25, 0.3) is 0 Å². The smallest absolute Gasteiger partial charge is 0.194 e. The molecular weight excluding hydrogens is 265 g/mol. The van der Waals surface area contributed by atoms with E-state index < -0.39 is 23.5 Å². The van der Waals surface area contributed by atoms with Crippen molar-refractivity contribution in [2.45, 2.75) is 39.2 Å². The van der Waals surface area contributed by atoms with E-state index in [9.17, 15) is 13.2 Å². The third kappa shape index (κ3) is 2.83. The van der Waals surface area contributed by atoms with Gasteiger partial charge in [-0.3, -0.25) is 11.3 Å². The Bertz CT molecular complexity index is 478. The highest BCUT2D eigenvalue weighted by atomic mass is 19.2. The van der Waals surface area contributed by atoms with Crippen LogP contribution in [0.15, 0.2) is 12.1 Å². The summed E-state index contributed by atoms with van der Waals surface area (Å²) in [5.41, 5.74) is 2.69. The lowest BCUT2D eigenvalue weighted by Gasteiger charge is -2.36. The standard InChI is InChI=1S/C15H21F3N2/c1-8-3-4-10(7-9(8)2)15(20-19)11-5-6-12(16)14(18)13(11)17/h5-6,8-10,15,20H,3-4,7,19H2,1-2H3. The summed E-state index contributed by atoms with van der Waals surface area (Å²) < 4.78 is 40.3. The molecule has 0 aromatic heterocycles. The summed E-state index contributed by atoms with van der Waals surface area (Å²) in [5, 5.41) is 0. The quantitative estimate of drug-likeness (QED) is 0.505. The molecule has 1 fully saturated rings. The molecule has 4 unspecified atom stereocenters. The average Bonchev–Trinajstić information content (AvgIpc) is 2.43. The molecule has 1 saturated carbocycles. The van der Waals surface area contributed by atoms with Gasteiger partial charge in [0.25, 0.3) is 0 Å². The number of nitrogens with two attached hydrogens (primary N) is 1. The number of nitrogens with one attached hydrogen (secondary N) is 1. The van der Waals surface area contributed by atoms with Gasteiger partial charge in [-0.15, -0.1) is 0 Å². The Morgan fingerprint density at radius 2 is 1.80 bits per heavy atom. The van der Waals surface area contributed by atoms with Crippen LogP contribution in [-0.2, 0) is 0 Å². The summed E-state index contributed by atoms with van der Waals surface area (Å²) in [5.74, 6) is 3.06. The monoisotopic (exact) mass is 286 g/mol. The van der Waals surface area contributed by atoms with Gasteiger partial charge in [0, 0.05) is 5.56 Å². The number of halogens is 3. The third-order valence-electron chi connectivity index (χ3n) is 4.69. The molecule has 5 heteroatoms. The van der Waals surface area contributed by atoms with Crippen LogP contribution in [0.2, 0.25) is 0 Å². The van der Waals surface area contributed by atoms with Crippen LogP contribution in [-0.4, -0.2) is 0 Å². The number of benzene rings is 1. The first kappa shape index (κ1) is 15.3. The number of rotatable bonds is 3. The van der Waals surface area contributed by atoms with Gasteiger partial charge >= 0.3 is 0 Å². The minimum atomic E-state index is -1.43. The van der Waals surface area contributed by atoms with Crippen molar-refractivity contribution >= 4 is 0 Å². The van der Waals surface area contributed by atoms with Crippen molar-refractivity contribution in [1.82, 2.24) is 5.43 Å². The lowest BCUT2D eigenvalue weighted by atomic mass is 9.72. The molecule has 20 heavy (non-hydrogen) atoms. The molecule has 0 aliphatic heterocycles. The minimum absolute atomic E-state index is 0.109. The van der Waals surface area contributed by atoms with Crippen LogP contribution in [0.1, 0.15) is 44.7 Å². The molecule has 1 aliphatic carbocycles. The second kappa shape index (κ2) is 6.14. The maximum absolute atomic E-state index is 13.9. The molecule has 0 saturated heterocycles. The molecule has 2 nitrogen and oxygen atoms in total. The highest BCUT2D eigenvalue weighted by Gasteiger charge is 2.32. The van der Waals surface area contributed by atoms with Gasteiger partial charge in [0.15, 0.2) is 17.5 Å². The highest BCUT2D eigenvalue weighted by molar-refractivity contribution is 5.24. The fourth-order valence-corrected chi connectivity index (χ4v) is 3.15. The summed E-state index contributed by atoms with van der Waals surface area (Å²) in [6, 6.07) is 1.74. The van der Waals surface area contributed by atoms with E-state index in [-0.39, 0.29) is 11.5 Å². The predicted molar refractivity (Wildman–Crippen MR) is 72.0 cm³/mol. The molecule has 0 amide bonds. The first-order valence-corrected chi connectivity index (χ1v) is 7.05. The maximum atomic E-state index is 13.9. The van der Waals surface area contributed by atoms with Crippen molar-refractivity contribution in [2.24, 2.45) is 23.6 Å². The van der Waals surface area contributed by atoms with Gasteiger partial charge in [0.05, 0.1) is 6.04 Å². The summed E-state index contributed by atoms with van der Waals surface area (Å²) in [7, 11) is 0. The highest BCUT2D eigenvalue weighted by Crippen LogP contribution is 2.40. The lowest BCUT2D eigenvalue weighted by molar-refractivity contribution is 0.169. The number of hydrogen-bond acceptors (Lipinski definition) is 2. The van der Waals surface area contributed by atoms with Gasteiger partial charge in [-0.2, -0.15) is 0 Å². The third-order valence-corrected chi connectivity index (χ3v) is 4.69. The summed E-state index contributed by atoms with van der Waals surface area (Å²) >= 11 is 0. The predicted octanol–water partition coefficient (Wildman–Crippen LogP) is 3.68. The molecule has 0 heterocycles. The average molecular weight is 286 g/mol. The summed E-state index contributed by atoms with van der Waals surface area (Å²) in [4.78, 5) is 0. The van der Waals surface area contributed by atoms with Crippen LogP contribution in [0.4, 0.5) is 13.2 Å². The Morgan fingerprint density at radius 1 is 1.10 bits per heavy atom. The summed E-state index contributed by atoms with van der Waals surface area (Å²) in [6.45, 7) is 4.36. The molecule has 0 bridgehead atoms. The molecule has 1 aromatic carbocycles. The van der Waals surface area contributed by atoms with Crippen molar-refractivity contribution in [2.75, 3.05) is 0 Å². The molecular formula is C15H21F3N2. The van der Waals surface area contributed by atoms with Crippen molar-refractivity contribution < 1.29 is 13.2 Å². The van der Waals surface area contributed by atoms with Gasteiger partial charge < -0.3 is 0 Å². The first-order chi connectivity index (χ1) is 9.45. The van der Waals surface area contributed by atoms with Gasteiger partial charge in [-0.25, -0.2) is 13.2 Å². The van der Waals surface area contributed by atoms with E-state index in [4.69, 9.17) is 5.84 Å². The first-order valence-electron chi connectivity index (χ1n) is 7.05. The van der Waals surface area contributed by atoms with E-state index in [2.05, 4.69) is 19.3 Å².